The smallest absolute Gasteiger partial charge is 0.435 e. The summed E-state index contributed by atoms with van der Waals surface area (Å²) in [5, 5.41) is 9.18. The Morgan fingerprint density at radius 2 is 1.58 bits per heavy atom. The minimum atomic E-state index is -6.39. The summed E-state index contributed by atoms with van der Waals surface area (Å²) in [6.45, 7) is -0.872. The van der Waals surface area contributed by atoms with Crippen LogP contribution in [0.5, 0.6) is 0 Å². The first kappa shape index (κ1) is 30.5. The molecule has 1 aromatic heterocycles. The molecule has 230 valence electrons. The molecule has 0 saturated carbocycles. The van der Waals surface area contributed by atoms with E-state index in [2.05, 4.69) is 4.98 Å². The van der Waals surface area contributed by atoms with Gasteiger partial charge in [-0.05, 0) is 54.3 Å². The molecule has 0 radical (unpaired) electrons. The van der Waals surface area contributed by atoms with Gasteiger partial charge in [0.2, 0.25) is 0 Å². The summed E-state index contributed by atoms with van der Waals surface area (Å²) in [6, 6.07) is 5.88. The number of alkyl halides is 7. The number of amides is 1. The molecule has 1 saturated heterocycles. The zero-order chi connectivity index (χ0) is 31.8. The lowest BCUT2D eigenvalue weighted by Gasteiger charge is -2.40. The van der Waals surface area contributed by atoms with Crippen LogP contribution in [0.1, 0.15) is 44.0 Å². The van der Waals surface area contributed by atoms with Crippen molar-refractivity contribution in [1.82, 2.24) is 9.88 Å². The predicted molar refractivity (Wildman–Crippen MR) is 132 cm³/mol. The van der Waals surface area contributed by atoms with Gasteiger partial charge in [-0.25, -0.2) is 22.0 Å². The fourth-order valence-electron chi connectivity index (χ4n) is 6.01. The van der Waals surface area contributed by atoms with Crippen LogP contribution in [-0.2, 0) is 26.7 Å². The molecular weight excluding hydrogens is 616 g/mol. The molecule has 7 nitrogen and oxygen atoms in total. The Balaban J connectivity index is 1.68. The van der Waals surface area contributed by atoms with Crippen molar-refractivity contribution in [2.24, 2.45) is 5.92 Å². The maximum atomic E-state index is 14.9. The zero-order valence-electron chi connectivity index (χ0n) is 21.6. The van der Waals surface area contributed by atoms with E-state index >= 15 is 0 Å². The van der Waals surface area contributed by atoms with E-state index in [0.29, 0.717) is 12.1 Å². The standard InChI is InChI=1S/C27H20F8N2O5S/c28-18-4-6-19(7-5-18)43(41,42)24-13-37(22(38)21-10-15(11-36-21)23(39)40)12-17(24)2-1-14-9-16(3-8-20(14)24)25(29,26(30,31)32)27(33,34)35/h3-11,17,36H,1-2,12-13H2,(H,39,40). The van der Waals surface area contributed by atoms with Crippen LogP contribution in [0.3, 0.4) is 0 Å². The number of carbonyl (C=O) groups is 2. The van der Waals surface area contributed by atoms with E-state index in [1.807, 2.05) is 0 Å². The Morgan fingerprint density at radius 1 is 0.953 bits per heavy atom. The van der Waals surface area contributed by atoms with Gasteiger partial charge in [0.15, 0.2) is 9.84 Å². The Labute approximate surface area is 238 Å². The topological polar surface area (TPSA) is 108 Å². The quantitative estimate of drug-likeness (QED) is 0.283. The number of aryl methyl sites for hydroxylation is 1. The predicted octanol–water partition coefficient (Wildman–Crippen LogP) is 5.53. The number of likely N-dealkylation sites (tertiary alicyclic amines) is 1. The lowest BCUT2D eigenvalue weighted by molar-refractivity contribution is -0.348. The molecule has 1 aliphatic carbocycles. The van der Waals surface area contributed by atoms with Crippen LogP contribution >= 0.6 is 0 Å². The highest BCUT2D eigenvalue weighted by atomic mass is 32.2. The third-order valence-corrected chi connectivity index (χ3v) is 10.6. The minimum absolute atomic E-state index is 0.136. The average Bonchev–Trinajstić information content (AvgIpc) is 3.58. The van der Waals surface area contributed by atoms with Crippen molar-refractivity contribution in [1.29, 1.82) is 0 Å². The number of nitrogens with zero attached hydrogens (tertiary/aromatic N) is 1. The van der Waals surface area contributed by atoms with Crippen molar-refractivity contribution in [2.75, 3.05) is 13.1 Å². The Kier molecular flexibility index (Phi) is 6.94. The van der Waals surface area contributed by atoms with Gasteiger partial charge < -0.3 is 15.0 Å². The van der Waals surface area contributed by atoms with Crippen LogP contribution in [0.25, 0.3) is 0 Å². The number of hydrogen-bond donors (Lipinski definition) is 2. The van der Waals surface area contributed by atoms with E-state index in [-0.39, 0.29) is 47.8 Å². The normalized spacial score (nSPS) is 20.9. The molecule has 1 aliphatic heterocycles. The molecule has 1 fully saturated rings. The molecule has 2 aromatic carbocycles. The van der Waals surface area contributed by atoms with Gasteiger partial charge in [-0.1, -0.05) is 18.2 Å². The molecule has 3 aromatic rings. The van der Waals surface area contributed by atoms with Gasteiger partial charge in [-0.3, -0.25) is 4.79 Å². The molecule has 2 heterocycles. The van der Waals surface area contributed by atoms with Gasteiger partial charge >= 0.3 is 24.0 Å². The number of carboxylic acid groups (broad SMARTS) is 1. The lowest BCUT2D eigenvalue weighted by atomic mass is 9.75. The van der Waals surface area contributed by atoms with E-state index in [1.165, 1.54) is 0 Å². The van der Waals surface area contributed by atoms with E-state index in [4.69, 9.17) is 0 Å². The molecule has 2 unspecified atom stereocenters. The first-order chi connectivity index (χ1) is 19.8. The largest absolute Gasteiger partial charge is 0.478 e. The highest BCUT2D eigenvalue weighted by molar-refractivity contribution is 7.92. The molecule has 16 heteroatoms. The zero-order valence-corrected chi connectivity index (χ0v) is 22.4. The van der Waals surface area contributed by atoms with Crippen molar-refractivity contribution in [2.45, 2.75) is 40.5 Å². The monoisotopic (exact) mass is 636 g/mol. The number of halogens is 8. The van der Waals surface area contributed by atoms with Gasteiger partial charge in [0, 0.05) is 30.8 Å². The maximum absolute atomic E-state index is 14.9. The van der Waals surface area contributed by atoms with Gasteiger partial charge in [0.05, 0.1) is 10.5 Å². The number of aromatic nitrogens is 1. The van der Waals surface area contributed by atoms with E-state index in [0.717, 1.165) is 41.4 Å². The Bertz CT molecular complexity index is 1700. The molecule has 0 spiro atoms. The summed E-state index contributed by atoms with van der Waals surface area (Å²) in [7, 11) is -4.66. The summed E-state index contributed by atoms with van der Waals surface area (Å²) in [5.74, 6) is -3.90. The number of hydrogen-bond acceptors (Lipinski definition) is 4. The fraction of sp³-hybridized carbons (Fsp3) is 0.333. The molecule has 43 heavy (non-hydrogen) atoms. The number of rotatable bonds is 5. The SMILES string of the molecule is O=C(O)c1c[nH]c(C(=O)N2CC3CCc4cc(C(F)(C(F)(F)F)C(F)(F)F)ccc4C3(S(=O)(=O)c3ccc(F)cc3)C2)c1. The van der Waals surface area contributed by atoms with Crippen LogP contribution in [0.4, 0.5) is 35.1 Å². The van der Waals surface area contributed by atoms with Crippen molar-refractivity contribution in [3.05, 3.63) is 88.5 Å². The molecule has 2 N–H and O–H groups in total. The minimum Gasteiger partial charge on any atom is -0.478 e. The van der Waals surface area contributed by atoms with Gasteiger partial charge in [-0.15, -0.1) is 0 Å². The second-order valence-electron chi connectivity index (χ2n) is 10.4. The first-order valence-electron chi connectivity index (χ1n) is 12.5. The van der Waals surface area contributed by atoms with Crippen LogP contribution in [0, 0.1) is 11.7 Å². The van der Waals surface area contributed by atoms with Crippen molar-refractivity contribution < 1.29 is 58.2 Å². The Morgan fingerprint density at radius 3 is 2.14 bits per heavy atom. The molecule has 2 aliphatic rings. The molecular formula is C27H20F8N2O5S. The highest BCUT2D eigenvalue weighted by Gasteiger charge is 2.73. The molecule has 0 bridgehead atoms. The summed E-state index contributed by atoms with van der Waals surface area (Å²) in [4.78, 5) is 27.8. The molecule has 2 atom stereocenters. The number of sulfone groups is 1. The number of nitrogens with one attached hydrogen (secondary N) is 1. The van der Waals surface area contributed by atoms with E-state index in [1.54, 1.807) is 0 Å². The number of H-pyrrole nitrogens is 1. The summed E-state index contributed by atoms with van der Waals surface area (Å²) in [5.41, 5.74) is -8.53. The Hall–Kier alpha value is -3.95. The number of benzene rings is 2. The number of aromatic carboxylic acids is 1. The van der Waals surface area contributed by atoms with E-state index < -0.39 is 73.2 Å². The first-order valence-corrected chi connectivity index (χ1v) is 14.0. The summed E-state index contributed by atoms with van der Waals surface area (Å²) in [6.07, 6.45) is -12.1. The number of aromatic amines is 1. The molecule has 5 rings (SSSR count). The van der Waals surface area contributed by atoms with Crippen LogP contribution in [0.15, 0.2) is 59.6 Å². The van der Waals surface area contributed by atoms with Crippen molar-refractivity contribution >= 4 is 21.7 Å². The second kappa shape index (κ2) is 9.79. The maximum Gasteiger partial charge on any atom is 0.435 e. The van der Waals surface area contributed by atoms with Crippen LogP contribution in [-0.4, -0.2) is 60.7 Å². The fourth-order valence-corrected chi connectivity index (χ4v) is 8.37. The third kappa shape index (κ3) is 4.48. The third-order valence-electron chi connectivity index (χ3n) is 8.08. The van der Waals surface area contributed by atoms with Crippen molar-refractivity contribution in [3.63, 3.8) is 0 Å². The number of carbonyl (C=O) groups excluding carboxylic acids is 1. The van der Waals surface area contributed by atoms with Crippen LogP contribution < -0.4 is 0 Å². The van der Waals surface area contributed by atoms with Gasteiger partial charge in [0.25, 0.3) is 5.91 Å². The number of carboxylic acids is 1. The van der Waals surface area contributed by atoms with Crippen molar-refractivity contribution in [3.8, 4) is 0 Å². The number of fused-ring (bicyclic) bond motifs is 3. The van der Waals surface area contributed by atoms with Crippen LogP contribution in [0.2, 0.25) is 0 Å². The average molecular weight is 637 g/mol. The lowest BCUT2D eigenvalue weighted by Crippen LogP contribution is -2.51. The summed E-state index contributed by atoms with van der Waals surface area (Å²) < 4.78 is 136. The highest BCUT2D eigenvalue weighted by Crippen LogP contribution is 2.56. The van der Waals surface area contributed by atoms with Gasteiger partial charge in [-0.2, -0.15) is 26.3 Å². The molecule has 1 amide bonds. The van der Waals surface area contributed by atoms with E-state index in [9.17, 15) is 58.2 Å². The van der Waals surface area contributed by atoms with Gasteiger partial charge in [0.1, 0.15) is 16.3 Å². The second-order valence-corrected chi connectivity index (χ2v) is 12.6. The summed E-state index contributed by atoms with van der Waals surface area (Å²) >= 11 is 0.